The Labute approximate surface area is 128 Å². The molecule has 2 aromatic carbocycles. The fourth-order valence-electron chi connectivity index (χ4n) is 1.86. The lowest BCUT2D eigenvalue weighted by Crippen LogP contribution is -2.31. The van der Waals surface area contributed by atoms with Crippen LogP contribution in [0.3, 0.4) is 0 Å². The molecule has 22 heavy (non-hydrogen) atoms. The second kappa shape index (κ2) is 5.76. The molecule has 0 aliphatic heterocycles. The molecule has 0 atom stereocenters. The lowest BCUT2D eigenvalue weighted by atomic mass is 10.1. The first-order valence-corrected chi connectivity index (χ1v) is 6.33. The molecule has 2 aromatic rings. The largest absolute Gasteiger partial charge is 0.506 e. The lowest BCUT2D eigenvalue weighted by Gasteiger charge is -2.22. The molecule has 0 heterocycles. The molecule has 0 aliphatic carbocycles. The lowest BCUT2D eigenvalue weighted by molar-refractivity contribution is -0.137. The van der Waals surface area contributed by atoms with Crippen molar-refractivity contribution in [3.63, 3.8) is 0 Å². The van der Waals surface area contributed by atoms with Gasteiger partial charge in [-0.05, 0) is 36.4 Å². The first-order chi connectivity index (χ1) is 10.2. The Morgan fingerprint density at radius 3 is 2.32 bits per heavy atom. The zero-order valence-electron chi connectivity index (χ0n) is 10.9. The number of halogens is 4. The summed E-state index contributed by atoms with van der Waals surface area (Å²) in [6, 6.07) is 6.91. The summed E-state index contributed by atoms with van der Waals surface area (Å²) < 4.78 is 38.3. The van der Waals surface area contributed by atoms with Crippen LogP contribution in [0.15, 0.2) is 42.5 Å². The number of benzene rings is 2. The number of anilines is 2. The SMILES string of the molecule is NC(=O)N(c1cccc(C(F)(F)F)c1)c1ccc(O)c(Cl)c1. The van der Waals surface area contributed by atoms with Crippen LogP contribution in [0.25, 0.3) is 0 Å². The maximum atomic E-state index is 12.8. The molecule has 3 N–H and O–H groups in total. The van der Waals surface area contributed by atoms with Gasteiger partial charge in [-0.2, -0.15) is 13.2 Å². The predicted molar refractivity (Wildman–Crippen MR) is 76.3 cm³/mol. The summed E-state index contributed by atoms with van der Waals surface area (Å²) in [6.45, 7) is 0. The Kier molecular flexibility index (Phi) is 4.18. The van der Waals surface area contributed by atoms with Gasteiger partial charge < -0.3 is 10.8 Å². The number of phenols is 1. The number of urea groups is 1. The van der Waals surface area contributed by atoms with Gasteiger partial charge in [0, 0.05) is 0 Å². The summed E-state index contributed by atoms with van der Waals surface area (Å²) in [6.07, 6.45) is -4.55. The van der Waals surface area contributed by atoms with Crippen LogP contribution in [0.2, 0.25) is 5.02 Å². The number of aromatic hydroxyl groups is 1. The topological polar surface area (TPSA) is 66.6 Å². The average Bonchev–Trinajstić information content (AvgIpc) is 2.42. The van der Waals surface area contributed by atoms with Gasteiger partial charge in [0.2, 0.25) is 0 Å². The molecule has 0 radical (unpaired) electrons. The van der Waals surface area contributed by atoms with E-state index in [0.29, 0.717) is 0 Å². The number of nitrogens with two attached hydrogens (primary N) is 1. The first-order valence-electron chi connectivity index (χ1n) is 5.95. The molecule has 0 fully saturated rings. The summed E-state index contributed by atoms with van der Waals surface area (Å²) in [5.74, 6) is -0.223. The van der Waals surface area contributed by atoms with E-state index in [-0.39, 0.29) is 22.1 Å². The molecule has 0 aliphatic rings. The predicted octanol–water partition coefficient (Wildman–Crippen LogP) is 4.28. The van der Waals surface area contributed by atoms with Crippen molar-refractivity contribution in [1.82, 2.24) is 0 Å². The first kappa shape index (κ1) is 16.0. The Morgan fingerprint density at radius 2 is 1.77 bits per heavy atom. The molecule has 0 unspecified atom stereocenters. The Bertz CT molecular complexity index is 719. The molecule has 0 bridgehead atoms. The minimum Gasteiger partial charge on any atom is -0.506 e. The summed E-state index contributed by atoms with van der Waals surface area (Å²) in [7, 11) is 0. The highest BCUT2D eigenvalue weighted by atomic mass is 35.5. The summed E-state index contributed by atoms with van der Waals surface area (Å²) in [4.78, 5) is 12.5. The third kappa shape index (κ3) is 3.25. The molecule has 0 spiro atoms. The van der Waals surface area contributed by atoms with Crippen LogP contribution < -0.4 is 10.6 Å². The number of alkyl halides is 3. The quantitative estimate of drug-likeness (QED) is 0.863. The maximum Gasteiger partial charge on any atom is 0.416 e. The van der Waals surface area contributed by atoms with E-state index in [2.05, 4.69) is 0 Å². The van der Waals surface area contributed by atoms with Crippen molar-refractivity contribution in [2.45, 2.75) is 6.18 Å². The van der Waals surface area contributed by atoms with Crippen molar-refractivity contribution >= 4 is 29.0 Å². The van der Waals surface area contributed by atoms with Crippen LogP contribution in [0, 0.1) is 0 Å². The van der Waals surface area contributed by atoms with Gasteiger partial charge in [-0.3, -0.25) is 4.90 Å². The van der Waals surface area contributed by atoms with E-state index in [4.69, 9.17) is 17.3 Å². The van der Waals surface area contributed by atoms with Crippen molar-refractivity contribution < 1.29 is 23.1 Å². The van der Waals surface area contributed by atoms with Crippen molar-refractivity contribution in [3.05, 3.63) is 53.1 Å². The number of hydrogen-bond acceptors (Lipinski definition) is 2. The molecular weight excluding hydrogens is 321 g/mol. The number of hydrogen-bond donors (Lipinski definition) is 2. The fourth-order valence-corrected chi connectivity index (χ4v) is 2.03. The molecule has 0 saturated carbocycles. The van der Waals surface area contributed by atoms with E-state index in [9.17, 15) is 23.1 Å². The van der Waals surface area contributed by atoms with Gasteiger partial charge in [-0.1, -0.05) is 17.7 Å². The number of nitrogens with zero attached hydrogens (tertiary/aromatic N) is 1. The van der Waals surface area contributed by atoms with E-state index < -0.39 is 17.8 Å². The summed E-state index contributed by atoms with van der Waals surface area (Å²) in [5, 5.41) is 9.31. The van der Waals surface area contributed by atoms with Crippen LogP contribution in [-0.2, 0) is 6.18 Å². The number of phenolic OH excluding ortho intramolecular Hbond substituents is 1. The minimum atomic E-state index is -4.55. The van der Waals surface area contributed by atoms with Gasteiger partial charge in [-0.15, -0.1) is 0 Å². The summed E-state index contributed by atoms with van der Waals surface area (Å²) in [5.41, 5.74) is 4.40. The van der Waals surface area contributed by atoms with Crippen LogP contribution in [0.4, 0.5) is 29.3 Å². The molecule has 2 amide bonds. The fraction of sp³-hybridized carbons (Fsp3) is 0.0714. The molecule has 4 nitrogen and oxygen atoms in total. The van der Waals surface area contributed by atoms with Gasteiger partial charge >= 0.3 is 12.2 Å². The van der Waals surface area contributed by atoms with Gasteiger partial charge in [0.25, 0.3) is 0 Å². The second-order valence-corrected chi connectivity index (χ2v) is 4.76. The van der Waals surface area contributed by atoms with E-state index in [1.54, 1.807) is 0 Å². The maximum absolute atomic E-state index is 12.8. The van der Waals surface area contributed by atoms with Crippen LogP contribution in [-0.4, -0.2) is 11.1 Å². The number of primary amides is 1. The zero-order valence-corrected chi connectivity index (χ0v) is 11.7. The van der Waals surface area contributed by atoms with Crippen molar-refractivity contribution in [2.24, 2.45) is 5.73 Å². The third-order valence-electron chi connectivity index (χ3n) is 2.84. The van der Waals surface area contributed by atoms with Crippen LogP contribution in [0.1, 0.15) is 5.56 Å². The third-order valence-corrected chi connectivity index (χ3v) is 3.14. The van der Waals surface area contributed by atoms with Gasteiger partial charge in [0.15, 0.2) is 0 Å². The molecular formula is C14H10ClF3N2O2. The minimum absolute atomic E-state index is 0.0595. The second-order valence-electron chi connectivity index (χ2n) is 4.36. The number of amides is 2. The molecule has 0 aromatic heterocycles. The van der Waals surface area contributed by atoms with E-state index in [0.717, 1.165) is 23.1 Å². The van der Waals surface area contributed by atoms with E-state index in [1.165, 1.54) is 24.3 Å². The number of carbonyl (C=O) groups excluding carboxylic acids is 1. The standard InChI is InChI=1S/C14H10ClF3N2O2/c15-11-7-10(4-5-12(11)21)20(13(19)22)9-3-1-2-8(6-9)14(16,17)18/h1-7,21H,(H2,19,22). The van der Waals surface area contributed by atoms with Crippen molar-refractivity contribution in [2.75, 3.05) is 4.90 Å². The smallest absolute Gasteiger partial charge is 0.416 e. The normalized spacial score (nSPS) is 11.3. The van der Waals surface area contributed by atoms with Crippen molar-refractivity contribution in [3.8, 4) is 5.75 Å². The highest BCUT2D eigenvalue weighted by Crippen LogP contribution is 2.35. The highest BCUT2D eigenvalue weighted by Gasteiger charge is 2.31. The van der Waals surface area contributed by atoms with Crippen molar-refractivity contribution in [1.29, 1.82) is 0 Å². The molecule has 2 rings (SSSR count). The van der Waals surface area contributed by atoms with Crippen LogP contribution in [0.5, 0.6) is 5.75 Å². The molecule has 0 saturated heterocycles. The van der Waals surface area contributed by atoms with Gasteiger partial charge in [0.05, 0.1) is 22.0 Å². The Hall–Kier alpha value is -2.41. The van der Waals surface area contributed by atoms with E-state index in [1.807, 2.05) is 0 Å². The average molecular weight is 331 g/mol. The van der Waals surface area contributed by atoms with E-state index >= 15 is 0 Å². The van der Waals surface area contributed by atoms with Gasteiger partial charge in [0.1, 0.15) is 5.75 Å². The monoisotopic (exact) mass is 330 g/mol. The highest BCUT2D eigenvalue weighted by molar-refractivity contribution is 6.32. The Balaban J connectivity index is 2.53. The number of carbonyl (C=O) groups is 1. The number of rotatable bonds is 2. The zero-order chi connectivity index (χ0) is 16.5. The molecule has 8 heteroatoms. The Morgan fingerprint density at radius 1 is 1.14 bits per heavy atom. The van der Waals surface area contributed by atoms with Gasteiger partial charge in [-0.25, -0.2) is 4.79 Å². The van der Waals surface area contributed by atoms with Crippen LogP contribution >= 0.6 is 11.6 Å². The molecule has 116 valence electrons. The summed E-state index contributed by atoms with van der Waals surface area (Å²) >= 11 is 5.75.